The SMILES string of the molecule is CC(F)(F)Cc1ccccc1C(C)(C)CO. The highest BCUT2D eigenvalue weighted by atomic mass is 19.3. The van der Waals surface area contributed by atoms with E-state index in [9.17, 15) is 13.9 Å². The van der Waals surface area contributed by atoms with Crippen molar-refractivity contribution < 1.29 is 13.9 Å². The van der Waals surface area contributed by atoms with Crippen LogP contribution in [0.15, 0.2) is 24.3 Å². The number of halogens is 2. The third-order valence-corrected chi connectivity index (χ3v) is 2.64. The maximum Gasteiger partial charge on any atom is 0.249 e. The van der Waals surface area contributed by atoms with E-state index in [2.05, 4.69) is 0 Å². The smallest absolute Gasteiger partial charge is 0.249 e. The molecule has 3 heteroatoms. The fourth-order valence-electron chi connectivity index (χ4n) is 1.75. The summed E-state index contributed by atoms with van der Waals surface area (Å²) in [5, 5.41) is 9.28. The molecule has 0 bridgehead atoms. The highest BCUT2D eigenvalue weighted by Crippen LogP contribution is 2.29. The average molecular weight is 228 g/mol. The molecule has 0 saturated carbocycles. The highest BCUT2D eigenvalue weighted by Gasteiger charge is 2.28. The third-order valence-electron chi connectivity index (χ3n) is 2.64. The fraction of sp³-hybridized carbons (Fsp3) is 0.538. The summed E-state index contributed by atoms with van der Waals surface area (Å²) in [6, 6.07) is 7.06. The van der Waals surface area contributed by atoms with E-state index in [-0.39, 0.29) is 13.0 Å². The maximum absolute atomic E-state index is 13.0. The molecule has 1 aromatic carbocycles. The molecule has 0 atom stereocenters. The second-order valence-corrected chi connectivity index (χ2v) is 4.95. The predicted octanol–water partition coefficient (Wildman–Crippen LogP) is 3.15. The standard InChI is InChI=1S/C13H18F2O/c1-12(2,9-16)11-7-5-4-6-10(11)8-13(3,14)15/h4-7,16H,8-9H2,1-3H3. The Morgan fingerprint density at radius 1 is 1.12 bits per heavy atom. The zero-order valence-electron chi connectivity index (χ0n) is 9.93. The van der Waals surface area contributed by atoms with Crippen LogP contribution in [0.3, 0.4) is 0 Å². The zero-order chi connectivity index (χ0) is 12.4. The van der Waals surface area contributed by atoms with Crippen LogP contribution in [0.25, 0.3) is 0 Å². The van der Waals surface area contributed by atoms with Crippen molar-refractivity contribution in [2.24, 2.45) is 0 Å². The van der Waals surface area contributed by atoms with Crippen LogP contribution >= 0.6 is 0 Å². The first-order valence-electron chi connectivity index (χ1n) is 5.33. The number of hydrogen-bond donors (Lipinski definition) is 1. The number of aliphatic hydroxyl groups is 1. The van der Waals surface area contributed by atoms with Gasteiger partial charge < -0.3 is 5.11 Å². The molecule has 16 heavy (non-hydrogen) atoms. The van der Waals surface area contributed by atoms with Crippen LogP contribution in [0.1, 0.15) is 31.9 Å². The first-order valence-corrected chi connectivity index (χ1v) is 5.33. The lowest BCUT2D eigenvalue weighted by Gasteiger charge is -2.26. The summed E-state index contributed by atoms with van der Waals surface area (Å²) < 4.78 is 26.0. The molecule has 0 fully saturated rings. The van der Waals surface area contributed by atoms with E-state index in [1.807, 2.05) is 19.9 Å². The normalized spacial score (nSPS) is 12.9. The Balaban J connectivity index is 3.11. The average Bonchev–Trinajstić information content (AvgIpc) is 2.16. The molecule has 90 valence electrons. The minimum absolute atomic E-state index is 0.0563. The highest BCUT2D eigenvalue weighted by molar-refractivity contribution is 5.34. The second kappa shape index (κ2) is 4.50. The van der Waals surface area contributed by atoms with Gasteiger partial charge in [-0.15, -0.1) is 0 Å². The topological polar surface area (TPSA) is 20.2 Å². The Bertz CT molecular complexity index is 353. The van der Waals surface area contributed by atoms with E-state index in [1.54, 1.807) is 18.2 Å². The van der Waals surface area contributed by atoms with Crippen LogP contribution in [0.2, 0.25) is 0 Å². The molecule has 1 N–H and O–H groups in total. The van der Waals surface area contributed by atoms with Gasteiger partial charge in [-0.25, -0.2) is 8.78 Å². The van der Waals surface area contributed by atoms with Gasteiger partial charge in [0.05, 0.1) is 6.61 Å². The van der Waals surface area contributed by atoms with E-state index >= 15 is 0 Å². The van der Waals surface area contributed by atoms with Gasteiger partial charge in [-0.2, -0.15) is 0 Å². The Morgan fingerprint density at radius 2 is 1.69 bits per heavy atom. The third kappa shape index (κ3) is 3.27. The monoisotopic (exact) mass is 228 g/mol. The summed E-state index contributed by atoms with van der Waals surface area (Å²) >= 11 is 0. The van der Waals surface area contributed by atoms with Crippen LogP contribution in [0.5, 0.6) is 0 Å². The quantitative estimate of drug-likeness (QED) is 0.839. The number of alkyl halides is 2. The molecule has 0 aliphatic carbocycles. The van der Waals surface area contributed by atoms with Crippen molar-refractivity contribution in [2.75, 3.05) is 6.61 Å². The molecule has 0 aliphatic heterocycles. The van der Waals surface area contributed by atoms with Gasteiger partial charge in [0.1, 0.15) is 0 Å². The van der Waals surface area contributed by atoms with Crippen LogP contribution in [-0.4, -0.2) is 17.6 Å². The summed E-state index contributed by atoms with van der Waals surface area (Å²) in [5.74, 6) is -2.72. The van der Waals surface area contributed by atoms with E-state index < -0.39 is 11.3 Å². The summed E-state index contributed by atoms with van der Waals surface area (Å²) in [4.78, 5) is 0. The lowest BCUT2D eigenvalue weighted by molar-refractivity contribution is 0.0221. The van der Waals surface area contributed by atoms with Gasteiger partial charge in [-0.3, -0.25) is 0 Å². The van der Waals surface area contributed by atoms with E-state index in [0.717, 1.165) is 12.5 Å². The van der Waals surface area contributed by atoms with Crippen LogP contribution in [0, 0.1) is 0 Å². The van der Waals surface area contributed by atoms with Crippen LogP contribution in [-0.2, 0) is 11.8 Å². The molecule has 0 unspecified atom stereocenters. The molecule has 1 rings (SSSR count). The van der Waals surface area contributed by atoms with Crippen molar-refractivity contribution >= 4 is 0 Å². The first kappa shape index (κ1) is 13.1. The van der Waals surface area contributed by atoms with Crippen LogP contribution < -0.4 is 0 Å². The Morgan fingerprint density at radius 3 is 2.19 bits per heavy atom. The Hall–Kier alpha value is -0.960. The van der Waals surface area contributed by atoms with Crippen molar-refractivity contribution in [3.63, 3.8) is 0 Å². The van der Waals surface area contributed by atoms with Gasteiger partial charge in [0.25, 0.3) is 0 Å². The predicted molar refractivity (Wildman–Crippen MR) is 60.9 cm³/mol. The van der Waals surface area contributed by atoms with Crippen LogP contribution in [0.4, 0.5) is 8.78 Å². The molecule has 0 amide bonds. The molecule has 0 spiro atoms. The summed E-state index contributed by atoms with van der Waals surface area (Å²) in [6.07, 6.45) is -0.285. The number of rotatable bonds is 4. The van der Waals surface area contributed by atoms with Crippen molar-refractivity contribution in [3.05, 3.63) is 35.4 Å². The minimum Gasteiger partial charge on any atom is -0.395 e. The van der Waals surface area contributed by atoms with Crippen molar-refractivity contribution in [2.45, 2.75) is 38.5 Å². The molecule has 0 radical (unpaired) electrons. The lowest BCUT2D eigenvalue weighted by atomic mass is 9.81. The lowest BCUT2D eigenvalue weighted by Crippen LogP contribution is -2.26. The van der Waals surface area contributed by atoms with Gasteiger partial charge in [0.2, 0.25) is 5.92 Å². The molecule has 0 saturated heterocycles. The summed E-state index contributed by atoms with van der Waals surface area (Å²) in [5.41, 5.74) is 0.912. The van der Waals surface area contributed by atoms with Gasteiger partial charge in [-0.05, 0) is 18.1 Å². The van der Waals surface area contributed by atoms with Crippen molar-refractivity contribution in [3.8, 4) is 0 Å². The zero-order valence-corrected chi connectivity index (χ0v) is 9.93. The van der Waals surface area contributed by atoms with Crippen molar-refractivity contribution in [1.29, 1.82) is 0 Å². The first-order chi connectivity index (χ1) is 7.26. The summed E-state index contributed by atoms with van der Waals surface area (Å²) in [6.45, 7) is 4.55. The fourth-order valence-corrected chi connectivity index (χ4v) is 1.75. The van der Waals surface area contributed by atoms with Gasteiger partial charge in [0.15, 0.2) is 0 Å². The van der Waals surface area contributed by atoms with E-state index in [4.69, 9.17) is 0 Å². The summed E-state index contributed by atoms with van der Waals surface area (Å²) in [7, 11) is 0. The van der Waals surface area contributed by atoms with Gasteiger partial charge in [-0.1, -0.05) is 38.1 Å². The minimum atomic E-state index is -2.72. The molecule has 0 heterocycles. The second-order valence-electron chi connectivity index (χ2n) is 4.95. The Labute approximate surface area is 95.1 Å². The molecule has 0 aromatic heterocycles. The van der Waals surface area contributed by atoms with E-state index in [0.29, 0.717) is 5.56 Å². The Kier molecular flexibility index (Phi) is 3.68. The van der Waals surface area contributed by atoms with Gasteiger partial charge >= 0.3 is 0 Å². The molecule has 0 aliphatic rings. The molecule has 1 nitrogen and oxygen atoms in total. The maximum atomic E-state index is 13.0. The number of aliphatic hydroxyl groups excluding tert-OH is 1. The largest absolute Gasteiger partial charge is 0.395 e. The molecular weight excluding hydrogens is 210 g/mol. The molecular formula is C13H18F2O. The van der Waals surface area contributed by atoms with Gasteiger partial charge in [0, 0.05) is 11.8 Å². The van der Waals surface area contributed by atoms with Crippen molar-refractivity contribution in [1.82, 2.24) is 0 Å². The van der Waals surface area contributed by atoms with E-state index in [1.165, 1.54) is 0 Å². The number of benzene rings is 1. The number of hydrogen-bond acceptors (Lipinski definition) is 1. The molecule has 1 aromatic rings.